The second-order valence-corrected chi connectivity index (χ2v) is 5.15. The molecule has 0 aliphatic carbocycles. The first-order valence-corrected chi connectivity index (χ1v) is 6.46. The minimum absolute atomic E-state index is 0.0657. The van der Waals surface area contributed by atoms with E-state index < -0.39 is 0 Å². The summed E-state index contributed by atoms with van der Waals surface area (Å²) in [7, 11) is 5.87. The highest BCUT2D eigenvalue weighted by atomic mass is 79.9. The van der Waals surface area contributed by atoms with E-state index in [2.05, 4.69) is 38.3 Å². The molecular weight excluding hydrogens is 280 g/mol. The lowest BCUT2D eigenvalue weighted by atomic mass is 10.0. The van der Waals surface area contributed by atoms with E-state index in [0.717, 1.165) is 23.6 Å². The Bertz CT molecular complexity index is 380. The van der Waals surface area contributed by atoms with Gasteiger partial charge >= 0.3 is 0 Å². The normalized spacial score (nSPS) is 12.2. The Kier molecular flexibility index (Phi) is 5.65. The molecule has 0 saturated carbocycles. The largest absolute Gasteiger partial charge is 0.377 e. The van der Waals surface area contributed by atoms with Gasteiger partial charge in [-0.15, -0.1) is 0 Å². The average Bonchev–Trinajstić information content (AvgIpc) is 2.30. The molecule has 3 nitrogen and oxygen atoms in total. The Morgan fingerprint density at radius 3 is 2.71 bits per heavy atom. The van der Waals surface area contributed by atoms with Crippen LogP contribution in [0, 0.1) is 0 Å². The van der Waals surface area contributed by atoms with E-state index in [1.165, 1.54) is 11.3 Å². The number of likely N-dealkylation sites (N-methyl/N-ethyl adjacent to an activating group) is 1. The van der Waals surface area contributed by atoms with Crippen molar-refractivity contribution in [3.8, 4) is 0 Å². The predicted octanol–water partition coefficient (Wildman–Crippen LogP) is 2.23. The molecule has 1 N–H and O–H groups in total. The lowest BCUT2D eigenvalue weighted by molar-refractivity contribution is -0.109. The molecule has 1 aromatic rings. The zero-order valence-electron chi connectivity index (χ0n) is 10.5. The van der Waals surface area contributed by atoms with Crippen molar-refractivity contribution in [1.82, 2.24) is 5.32 Å². The summed E-state index contributed by atoms with van der Waals surface area (Å²) in [5.74, 6) is 0. The van der Waals surface area contributed by atoms with E-state index in [-0.39, 0.29) is 6.04 Å². The van der Waals surface area contributed by atoms with Crippen LogP contribution in [0.1, 0.15) is 12.0 Å². The number of aryl methyl sites for hydroxylation is 1. The number of hydrogen-bond acceptors (Lipinski definition) is 3. The summed E-state index contributed by atoms with van der Waals surface area (Å²) >= 11 is 3.48. The zero-order chi connectivity index (χ0) is 12.8. The first kappa shape index (κ1) is 14.2. The SMILES string of the molecule is CNC(C=O)CCc1cc(Br)ccc1N(C)C. The van der Waals surface area contributed by atoms with Gasteiger partial charge in [0.05, 0.1) is 6.04 Å². The van der Waals surface area contributed by atoms with Crippen LogP contribution in [0.2, 0.25) is 0 Å². The fraction of sp³-hybridized carbons (Fsp3) is 0.462. The van der Waals surface area contributed by atoms with Gasteiger partial charge in [-0.1, -0.05) is 15.9 Å². The van der Waals surface area contributed by atoms with Crippen molar-refractivity contribution >= 4 is 27.9 Å². The standard InChI is InChI=1S/C13H19BrN2O/c1-15-12(9-17)6-4-10-8-11(14)5-7-13(10)16(2)3/h5,7-9,12,15H,4,6H2,1-3H3. The molecule has 0 aliphatic heterocycles. The zero-order valence-corrected chi connectivity index (χ0v) is 12.1. The molecular formula is C13H19BrN2O. The number of carbonyl (C=O) groups is 1. The van der Waals surface area contributed by atoms with Gasteiger partial charge in [-0.2, -0.15) is 0 Å². The average molecular weight is 299 g/mol. The molecule has 4 heteroatoms. The first-order chi connectivity index (χ1) is 8.08. The first-order valence-electron chi connectivity index (χ1n) is 5.66. The summed E-state index contributed by atoms with van der Waals surface area (Å²) < 4.78 is 1.07. The molecule has 0 aliphatic rings. The lowest BCUT2D eigenvalue weighted by Gasteiger charge is -2.18. The highest BCUT2D eigenvalue weighted by Crippen LogP contribution is 2.24. The smallest absolute Gasteiger partial charge is 0.136 e. The third-order valence-corrected chi connectivity index (χ3v) is 3.28. The minimum atomic E-state index is -0.0657. The minimum Gasteiger partial charge on any atom is -0.377 e. The molecule has 1 atom stereocenters. The molecule has 1 unspecified atom stereocenters. The monoisotopic (exact) mass is 298 g/mol. The van der Waals surface area contributed by atoms with Crippen molar-refractivity contribution in [3.63, 3.8) is 0 Å². The lowest BCUT2D eigenvalue weighted by Crippen LogP contribution is -2.27. The van der Waals surface area contributed by atoms with Gasteiger partial charge in [-0.05, 0) is 43.7 Å². The van der Waals surface area contributed by atoms with E-state index in [9.17, 15) is 4.79 Å². The van der Waals surface area contributed by atoms with Crippen LogP contribution in [0.5, 0.6) is 0 Å². The predicted molar refractivity (Wildman–Crippen MR) is 75.7 cm³/mol. The summed E-state index contributed by atoms with van der Waals surface area (Å²) in [4.78, 5) is 12.9. The molecule has 0 heterocycles. The molecule has 1 rings (SSSR count). The number of hydrogen-bond donors (Lipinski definition) is 1. The molecule has 0 fully saturated rings. The number of carbonyl (C=O) groups excluding carboxylic acids is 1. The van der Waals surface area contributed by atoms with Crippen LogP contribution in [0.15, 0.2) is 22.7 Å². The molecule has 94 valence electrons. The Balaban J connectivity index is 2.81. The number of rotatable bonds is 6. The third-order valence-electron chi connectivity index (χ3n) is 2.78. The Morgan fingerprint density at radius 2 is 2.18 bits per heavy atom. The van der Waals surface area contributed by atoms with E-state index in [0.29, 0.717) is 0 Å². The Hall–Kier alpha value is -0.870. The van der Waals surface area contributed by atoms with Gasteiger partial charge in [-0.3, -0.25) is 0 Å². The van der Waals surface area contributed by atoms with Gasteiger partial charge in [0.15, 0.2) is 0 Å². The van der Waals surface area contributed by atoms with Crippen molar-refractivity contribution in [2.75, 3.05) is 26.0 Å². The van der Waals surface area contributed by atoms with Crippen LogP contribution in [0.4, 0.5) is 5.69 Å². The molecule has 17 heavy (non-hydrogen) atoms. The van der Waals surface area contributed by atoms with E-state index >= 15 is 0 Å². The molecule has 1 aromatic carbocycles. The summed E-state index contributed by atoms with van der Waals surface area (Å²) in [5, 5.41) is 2.99. The Labute approximate surface area is 111 Å². The topological polar surface area (TPSA) is 32.3 Å². The van der Waals surface area contributed by atoms with E-state index in [1.807, 2.05) is 27.2 Å². The van der Waals surface area contributed by atoms with E-state index in [4.69, 9.17) is 0 Å². The summed E-state index contributed by atoms with van der Waals surface area (Å²) in [6.45, 7) is 0. The quantitative estimate of drug-likeness (QED) is 0.818. The van der Waals surface area contributed by atoms with E-state index in [1.54, 1.807) is 0 Å². The molecule has 0 bridgehead atoms. The summed E-state index contributed by atoms with van der Waals surface area (Å²) in [6.07, 6.45) is 2.67. The van der Waals surface area contributed by atoms with Gasteiger partial charge in [-0.25, -0.2) is 0 Å². The number of nitrogens with zero attached hydrogens (tertiary/aromatic N) is 1. The van der Waals surface area contributed by atoms with Gasteiger partial charge in [0, 0.05) is 24.3 Å². The highest BCUT2D eigenvalue weighted by Gasteiger charge is 2.09. The van der Waals surface area contributed by atoms with Crippen molar-refractivity contribution in [1.29, 1.82) is 0 Å². The molecule has 0 amide bonds. The number of nitrogens with one attached hydrogen (secondary N) is 1. The van der Waals surface area contributed by atoms with Gasteiger partial charge < -0.3 is 15.0 Å². The van der Waals surface area contributed by atoms with Gasteiger partial charge in [0.25, 0.3) is 0 Å². The maximum Gasteiger partial charge on any atom is 0.136 e. The van der Waals surface area contributed by atoms with Crippen molar-refractivity contribution in [2.24, 2.45) is 0 Å². The van der Waals surface area contributed by atoms with Crippen LogP contribution in [0.3, 0.4) is 0 Å². The molecule has 0 radical (unpaired) electrons. The van der Waals surface area contributed by atoms with Crippen LogP contribution in [0.25, 0.3) is 0 Å². The van der Waals surface area contributed by atoms with Gasteiger partial charge in [0.1, 0.15) is 6.29 Å². The van der Waals surface area contributed by atoms with Crippen molar-refractivity contribution < 1.29 is 4.79 Å². The summed E-state index contributed by atoms with van der Waals surface area (Å²) in [6, 6.07) is 6.18. The van der Waals surface area contributed by atoms with Crippen molar-refractivity contribution in [2.45, 2.75) is 18.9 Å². The number of benzene rings is 1. The molecule has 0 aromatic heterocycles. The van der Waals surface area contributed by atoms with Gasteiger partial charge in [0.2, 0.25) is 0 Å². The molecule has 0 spiro atoms. The number of anilines is 1. The van der Waals surface area contributed by atoms with Crippen LogP contribution in [-0.2, 0) is 11.2 Å². The fourth-order valence-corrected chi connectivity index (χ4v) is 2.19. The molecule has 0 saturated heterocycles. The Morgan fingerprint density at radius 1 is 1.47 bits per heavy atom. The number of halogens is 1. The second kappa shape index (κ2) is 6.77. The van der Waals surface area contributed by atoms with Crippen LogP contribution >= 0.6 is 15.9 Å². The van der Waals surface area contributed by atoms with Crippen LogP contribution in [-0.4, -0.2) is 33.5 Å². The van der Waals surface area contributed by atoms with Crippen LogP contribution < -0.4 is 10.2 Å². The maximum absolute atomic E-state index is 10.8. The maximum atomic E-state index is 10.8. The third kappa shape index (κ3) is 4.13. The fourth-order valence-electron chi connectivity index (χ4n) is 1.78. The second-order valence-electron chi connectivity index (χ2n) is 4.24. The summed E-state index contributed by atoms with van der Waals surface area (Å²) in [5.41, 5.74) is 2.46. The highest BCUT2D eigenvalue weighted by molar-refractivity contribution is 9.10. The number of aldehydes is 1. The van der Waals surface area contributed by atoms with Crippen molar-refractivity contribution in [3.05, 3.63) is 28.2 Å².